The molecule has 0 radical (unpaired) electrons. The first kappa shape index (κ1) is 10.7. The molecule has 0 aliphatic heterocycles. The molecule has 76 valence electrons. The Morgan fingerprint density at radius 1 is 1.64 bits per heavy atom. The van der Waals surface area contributed by atoms with Crippen LogP contribution >= 0.6 is 0 Å². The zero-order chi connectivity index (χ0) is 10.7. The van der Waals surface area contributed by atoms with Crippen LogP contribution in [0.5, 0.6) is 0 Å². The highest BCUT2D eigenvalue weighted by Crippen LogP contribution is 2.11. The molecule has 0 fully saturated rings. The summed E-state index contributed by atoms with van der Waals surface area (Å²) in [6.07, 6.45) is 2.02. The Bertz CT molecular complexity index is 350. The molecule has 1 unspecified atom stereocenters. The van der Waals surface area contributed by atoms with Gasteiger partial charge in [0.1, 0.15) is 6.04 Å². The van der Waals surface area contributed by atoms with Crippen LogP contribution in [0.15, 0.2) is 12.3 Å². The van der Waals surface area contributed by atoms with Crippen LogP contribution in [0.1, 0.15) is 16.8 Å². The van der Waals surface area contributed by atoms with E-state index in [0.717, 1.165) is 16.8 Å². The molecule has 1 atom stereocenters. The second-order valence-electron chi connectivity index (χ2n) is 3.33. The Kier molecular flexibility index (Phi) is 3.19. The molecule has 0 aliphatic carbocycles. The van der Waals surface area contributed by atoms with Gasteiger partial charge in [-0.05, 0) is 37.5 Å². The smallest absolute Gasteiger partial charge is 0.320 e. The van der Waals surface area contributed by atoms with E-state index in [1.807, 2.05) is 19.9 Å². The van der Waals surface area contributed by atoms with Gasteiger partial charge in [0.2, 0.25) is 0 Å². The summed E-state index contributed by atoms with van der Waals surface area (Å²) < 4.78 is 0. The van der Waals surface area contributed by atoms with Crippen molar-refractivity contribution in [3.8, 4) is 0 Å². The summed E-state index contributed by atoms with van der Waals surface area (Å²) in [7, 11) is 0. The van der Waals surface area contributed by atoms with Crippen LogP contribution in [0.25, 0.3) is 0 Å². The van der Waals surface area contributed by atoms with Crippen LogP contribution in [0, 0.1) is 13.8 Å². The normalized spacial score (nSPS) is 12.5. The highest BCUT2D eigenvalue weighted by molar-refractivity contribution is 5.73. The largest absolute Gasteiger partial charge is 0.480 e. The summed E-state index contributed by atoms with van der Waals surface area (Å²) >= 11 is 0. The number of nitrogens with zero attached hydrogens (tertiary/aromatic N) is 1. The maximum atomic E-state index is 10.6. The van der Waals surface area contributed by atoms with Crippen molar-refractivity contribution < 1.29 is 9.90 Å². The van der Waals surface area contributed by atoms with E-state index < -0.39 is 12.0 Å². The lowest BCUT2D eigenvalue weighted by Gasteiger charge is -2.10. The standard InChI is InChI=1S/C10H14N2O2/c1-6-7(2)12-4-3-8(6)5-9(11)10(13)14/h3-4,9H,5,11H2,1-2H3,(H,13,14). The topological polar surface area (TPSA) is 76.2 Å². The number of carboxylic acids is 1. The monoisotopic (exact) mass is 194 g/mol. The average Bonchev–Trinajstić information content (AvgIpc) is 2.12. The Labute approximate surface area is 82.8 Å². The molecule has 0 saturated carbocycles. The lowest BCUT2D eigenvalue weighted by atomic mass is 10.0. The van der Waals surface area contributed by atoms with Gasteiger partial charge in [-0.25, -0.2) is 0 Å². The fourth-order valence-electron chi connectivity index (χ4n) is 1.24. The summed E-state index contributed by atoms with van der Waals surface area (Å²) in [5, 5.41) is 8.66. The first-order valence-corrected chi connectivity index (χ1v) is 4.42. The molecule has 0 aromatic carbocycles. The van der Waals surface area contributed by atoms with Crippen molar-refractivity contribution in [1.82, 2.24) is 4.98 Å². The molecule has 0 spiro atoms. The van der Waals surface area contributed by atoms with Crippen LogP contribution in [0.4, 0.5) is 0 Å². The number of aromatic nitrogens is 1. The van der Waals surface area contributed by atoms with Crippen molar-refractivity contribution in [1.29, 1.82) is 0 Å². The minimum absolute atomic E-state index is 0.352. The van der Waals surface area contributed by atoms with Crippen LogP contribution in [-0.2, 0) is 11.2 Å². The van der Waals surface area contributed by atoms with Crippen molar-refractivity contribution >= 4 is 5.97 Å². The number of nitrogens with two attached hydrogens (primary N) is 1. The van der Waals surface area contributed by atoms with Gasteiger partial charge in [0.05, 0.1) is 0 Å². The molecule has 1 aromatic rings. The van der Waals surface area contributed by atoms with Crippen LogP contribution in [-0.4, -0.2) is 22.1 Å². The fraction of sp³-hybridized carbons (Fsp3) is 0.400. The van der Waals surface area contributed by atoms with E-state index in [-0.39, 0.29) is 0 Å². The van der Waals surface area contributed by atoms with Gasteiger partial charge in [0, 0.05) is 11.9 Å². The molecule has 0 bridgehead atoms. The highest BCUT2D eigenvalue weighted by Gasteiger charge is 2.13. The third-order valence-electron chi connectivity index (χ3n) is 2.33. The zero-order valence-electron chi connectivity index (χ0n) is 8.32. The van der Waals surface area contributed by atoms with Crippen molar-refractivity contribution in [2.24, 2.45) is 5.73 Å². The van der Waals surface area contributed by atoms with E-state index in [4.69, 9.17) is 10.8 Å². The van der Waals surface area contributed by atoms with E-state index in [2.05, 4.69) is 4.98 Å². The molecule has 4 nitrogen and oxygen atoms in total. The predicted octanol–water partition coefficient (Wildman–Crippen LogP) is 0.653. The Morgan fingerprint density at radius 3 is 2.86 bits per heavy atom. The van der Waals surface area contributed by atoms with Gasteiger partial charge in [-0.3, -0.25) is 9.78 Å². The minimum atomic E-state index is -0.973. The zero-order valence-corrected chi connectivity index (χ0v) is 8.32. The number of pyridine rings is 1. The van der Waals surface area contributed by atoms with Gasteiger partial charge < -0.3 is 10.8 Å². The summed E-state index contributed by atoms with van der Waals surface area (Å²) in [5.41, 5.74) is 8.33. The Balaban J connectivity index is 2.87. The molecular formula is C10H14N2O2. The Morgan fingerprint density at radius 2 is 2.29 bits per heavy atom. The van der Waals surface area contributed by atoms with Crippen LogP contribution in [0.3, 0.4) is 0 Å². The highest BCUT2D eigenvalue weighted by atomic mass is 16.4. The fourth-order valence-corrected chi connectivity index (χ4v) is 1.24. The summed E-state index contributed by atoms with van der Waals surface area (Å²) in [5.74, 6) is -0.973. The van der Waals surface area contributed by atoms with Crippen LogP contribution < -0.4 is 5.73 Å². The SMILES string of the molecule is Cc1nccc(CC(N)C(=O)O)c1C. The van der Waals surface area contributed by atoms with Crippen LogP contribution in [0.2, 0.25) is 0 Å². The van der Waals surface area contributed by atoms with Gasteiger partial charge >= 0.3 is 5.97 Å². The molecule has 1 aromatic heterocycles. The summed E-state index contributed by atoms with van der Waals surface area (Å²) in [4.78, 5) is 14.7. The molecule has 1 heterocycles. The van der Waals surface area contributed by atoms with Gasteiger partial charge in [-0.15, -0.1) is 0 Å². The number of carboxylic acid groups (broad SMARTS) is 1. The molecule has 14 heavy (non-hydrogen) atoms. The van der Waals surface area contributed by atoms with Crippen molar-refractivity contribution in [3.05, 3.63) is 29.1 Å². The molecular weight excluding hydrogens is 180 g/mol. The second-order valence-corrected chi connectivity index (χ2v) is 3.33. The number of hydrogen-bond donors (Lipinski definition) is 2. The number of hydrogen-bond acceptors (Lipinski definition) is 3. The maximum Gasteiger partial charge on any atom is 0.320 e. The van der Waals surface area contributed by atoms with E-state index in [9.17, 15) is 4.79 Å². The van der Waals surface area contributed by atoms with E-state index in [1.54, 1.807) is 6.20 Å². The summed E-state index contributed by atoms with van der Waals surface area (Å²) in [6, 6.07) is 0.973. The number of rotatable bonds is 3. The Hall–Kier alpha value is -1.42. The second kappa shape index (κ2) is 4.19. The number of aliphatic carboxylic acids is 1. The molecule has 0 aliphatic rings. The lowest BCUT2D eigenvalue weighted by molar-refractivity contribution is -0.138. The molecule has 3 N–H and O–H groups in total. The summed E-state index contributed by atoms with van der Waals surface area (Å²) in [6.45, 7) is 3.82. The van der Waals surface area contributed by atoms with Gasteiger partial charge in [-0.2, -0.15) is 0 Å². The van der Waals surface area contributed by atoms with Gasteiger partial charge in [0.15, 0.2) is 0 Å². The number of aryl methyl sites for hydroxylation is 1. The molecule has 1 rings (SSSR count). The third kappa shape index (κ3) is 2.29. The molecule has 0 saturated heterocycles. The van der Waals surface area contributed by atoms with E-state index >= 15 is 0 Å². The minimum Gasteiger partial charge on any atom is -0.480 e. The predicted molar refractivity (Wildman–Crippen MR) is 53.0 cm³/mol. The lowest BCUT2D eigenvalue weighted by Crippen LogP contribution is -2.32. The average molecular weight is 194 g/mol. The third-order valence-corrected chi connectivity index (χ3v) is 2.33. The maximum absolute atomic E-state index is 10.6. The first-order valence-electron chi connectivity index (χ1n) is 4.42. The quantitative estimate of drug-likeness (QED) is 0.740. The number of carbonyl (C=O) groups is 1. The van der Waals surface area contributed by atoms with Crippen molar-refractivity contribution in [3.63, 3.8) is 0 Å². The molecule has 0 amide bonds. The first-order chi connectivity index (χ1) is 6.52. The van der Waals surface area contributed by atoms with Gasteiger partial charge in [0.25, 0.3) is 0 Å². The van der Waals surface area contributed by atoms with E-state index in [1.165, 1.54) is 0 Å². The molecule has 4 heteroatoms. The van der Waals surface area contributed by atoms with Crippen molar-refractivity contribution in [2.75, 3.05) is 0 Å². The van der Waals surface area contributed by atoms with E-state index in [0.29, 0.717) is 6.42 Å². The van der Waals surface area contributed by atoms with Crippen molar-refractivity contribution in [2.45, 2.75) is 26.3 Å². The van der Waals surface area contributed by atoms with Gasteiger partial charge in [-0.1, -0.05) is 0 Å².